The lowest BCUT2D eigenvalue weighted by Gasteiger charge is -2.13. The molecule has 3 nitrogen and oxygen atoms in total. The molecule has 0 atom stereocenters. The molecule has 0 heterocycles. The number of hydrogen-bond acceptors (Lipinski definition) is 4. The summed E-state index contributed by atoms with van der Waals surface area (Å²) >= 11 is 7.30. The lowest BCUT2D eigenvalue weighted by atomic mass is 10.0. The van der Waals surface area contributed by atoms with Crippen LogP contribution in [-0.4, -0.2) is 6.21 Å². The standard InChI is InChI=1S/C20H16ClF2N3S/c1-11-2-5-14(21)18(8-11)27-26-17-7-6-15(22)19(20(17)23)12-3-4-13(10-24)16(25)9-12/h2-10,24,26H,25H2,1H3. The Morgan fingerprint density at radius 2 is 1.89 bits per heavy atom. The number of halogens is 3. The number of rotatable bonds is 5. The van der Waals surface area contributed by atoms with Crippen LogP contribution in [0, 0.1) is 24.0 Å². The Morgan fingerprint density at radius 3 is 2.59 bits per heavy atom. The van der Waals surface area contributed by atoms with E-state index in [-0.39, 0.29) is 16.9 Å². The molecule has 4 N–H and O–H groups in total. The Morgan fingerprint density at radius 1 is 1.11 bits per heavy atom. The lowest BCUT2D eigenvalue weighted by Crippen LogP contribution is -1.99. The van der Waals surface area contributed by atoms with Gasteiger partial charge in [0.25, 0.3) is 0 Å². The molecule has 0 saturated carbocycles. The molecular weight excluding hydrogens is 388 g/mol. The molecule has 0 fully saturated rings. The van der Waals surface area contributed by atoms with Gasteiger partial charge in [-0.1, -0.05) is 29.8 Å². The van der Waals surface area contributed by atoms with Crippen LogP contribution < -0.4 is 10.5 Å². The van der Waals surface area contributed by atoms with Gasteiger partial charge in [0.1, 0.15) is 5.82 Å². The van der Waals surface area contributed by atoms with Crippen molar-refractivity contribution in [1.29, 1.82) is 5.41 Å². The molecule has 0 aliphatic rings. The molecule has 7 heteroatoms. The fourth-order valence-corrected chi connectivity index (χ4v) is 3.58. The highest BCUT2D eigenvalue weighted by molar-refractivity contribution is 8.00. The highest BCUT2D eigenvalue weighted by Gasteiger charge is 2.17. The van der Waals surface area contributed by atoms with E-state index in [1.807, 2.05) is 19.1 Å². The molecule has 0 saturated heterocycles. The van der Waals surface area contributed by atoms with Gasteiger partial charge in [0, 0.05) is 22.4 Å². The second-order valence-electron chi connectivity index (χ2n) is 5.91. The predicted octanol–water partition coefficient (Wildman–Crippen LogP) is 6.29. The molecule has 0 bridgehead atoms. The van der Waals surface area contributed by atoms with E-state index in [2.05, 4.69) is 4.72 Å². The van der Waals surface area contributed by atoms with Gasteiger partial charge < -0.3 is 15.9 Å². The zero-order valence-electron chi connectivity index (χ0n) is 14.3. The summed E-state index contributed by atoms with van der Waals surface area (Å²) in [5.74, 6) is -1.42. The molecule has 0 radical (unpaired) electrons. The van der Waals surface area contributed by atoms with E-state index in [0.29, 0.717) is 16.1 Å². The van der Waals surface area contributed by atoms with Crippen LogP contribution in [0.3, 0.4) is 0 Å². The van der Waals surface area contributed by atoms with Gasteiger partial charge in [0.15, 0.2) is 5.82 Å². The van der Waals surface area contributed by atoms with Gasteiger partial charge in [-0.2, -0.15) is 0 Å². The minimum Gasteiger partial charge on any atom is -0.398 e. The number of nitrogen functional groups attached to an aromatic ring is 1. The summed E-state index contributed by atoms with van der Waals surface area (Å²) in [6, 6.07) is 12.6. The fraction of sp³-hybridized carbons (Fsp3) is 0.0500. The van der Waals surface area contributed by atoms with Gasteiger partial charge in [-0.05, 0) is 60.3 Å². The topological polar surface area (TPSA) is 61.9 Å². The number of nitrogens with two attached hydrogens (primary N) is 1. The van der Waals surface area contributed by atoms with E-state index in [1.54, 1.807) is 12.1 Å². The summed E-state index contributed by atoms with van der Waals surface area (Å²) in [4.78, 5) is 0.738. The Balaban J connectivity index is 1.95. The van der Waals surface area contributed by atoms with Gasteiger partial charge in [0.2, 0.25) is 0 Å². The van der Waals surface area contributed by atoms with Crippen molar-refractivity contribution in [2.24, 2.45) is 0 Å². The van der Waals surface area contributed by atoms with Crippen molar-refractivity contribution in [3.63, 3.8) is 0 Å². The molecule has 138 valence electrons. The van der Waals surface area contributed by atoms with Crippen molar-refractivity contribution in [3.8, 4) is 11.1 Å². The van der Waals surface area contributed by atoms with E-state index in [0.717, 1.165) is 28.6 Å². The Bertz CT molecular complexity index is 1020. The SMILES string of the molecule is Cc1ccc(Cl)c(SNc2ccc(F)c(-c3ccc(C=N)c(N)c3)c2F)c1. The van der Waals surface area contributed by atoms with Crippen LogP contribution in [0.1, 0.15) is 11.1 Å². The molecule has 3 rings (SSSR count). The third-order valence-electron chi connectivity index (χ3n) is 3.98. The smallest absolute Gasteiger partial charge is 0.157 e. The highest BCUT2D eigenvalue weighted by Crippen LogP contribution is 2.35. The molecule has 0 aliphatic heterocycles. The second-order valence-corrected chi connectivity index (χ2v) is 7.17. The normalized spacial score (nSPS) is 10.7. The Hall–Kier alpha value is -2.57. The maximum absolute atomic E-state index is 15.0. The van der Waals surface area contributed by atoms with E-state index >= 15 is 0 Å². The zero-order chi connectivity index (χ0) is 19.6. The maximum atomic E-state index is 15.0. The summed E-state index contributed by atoms with van der Waals surface area (Å²) in [5, 5.41) is 7.81. The van der Waals surface area contributed by atoms with Gasteiger partial charge in [-0.15, -0.1) is 0 Å². The van der Waals surface area contributed by atoms with E-state index < -0.39 is 11.6 Å². The largest absolute Gasteiger partial charge is 0.398 e. The number of aryl methyl sites for hydroxylation is 1. The molecule has 27 heavy (non-hydrogen) atoms. The van der Waals surface area contributed by atoms with Gasteiger partial charge >= 0.3 is 0 Å². The van der Waals surface area contributed by atoms with E-state index in [4.69, 9.17) is 22.7 Å². The third-order valence-corrected chi connectivity index (χ3v) is 5.30. The predicted molar refractivity (Wildman–Crippen MR) is 110 cm³/mol. The number of nitrogens with one attached hydrogen (secondary N) is 2. The van der Waals surface area contributed by atoms with Crippen LogP contribution in [0.25, 0.3) is 11.1 Å². The number of benzene rings is 3. The summed E-state index contributed by atoms with van der Waals surface area (Å²) in [6.07, 6.45) is 1.09. The van der Waals surface area contributed by atoms with Crippen LogP contribution in [0.5, 0.6) is 0 Å². The molecule has 3 aromatic carbocycles. The van der Waals surface area contributed by atoms with Gasteiger partial charge in [0.05, 0.1) is 16.3 Å². The minimum atomic E-state index is -0.728. The first-order valence-corrected chi connectivity index (χ1v) is 9.17. The number of hydrogen-bond donors (Lipinski definition) is 3. The molecule has 0 unspecified atom stereocenters. The second kappa shape index (κ2) is 7.98. The van der Waals surface area contributed by atoms with Crippen molar-refractivity contribution >= 4 is 41.1 Å². The first-order chi connectivity index (χ1) is 12.9. The third kappa shape index (κ3) is 4.07. The van der Waals surface area contributed by atoms with Crippen LogP contribution >= 0.6 is 23.5 Å². The highest BCUT2D eigenvalue weighted by atomic mass is 35.5. The van der Waals surface area contributed by atoms with Crippen molar-refractivity contribution in [2.45, 2.75) is 11.8 Å². The Kier molecular flexibility index (Phi) is 5.68. The van der Waals surface area contributed by atoms with E-state index in [1.165, 1.54) is 24.3 Å². The molecule has 0 amide bonds. The van der Waals surface area contributed by atoms with Gasteiger partial charge in [-0.3, -0.25) is 0 Å². The number of anilines is 2. The summed E-state index contributed by atoms with van der Waals surface area (Å²) in [5.41, 5.74) is 7.87. The van der Waals surface area contributed by atoms with Crippen molar-refractivity contribution in [3.05, 3.63) is 76.3 Å². The van der Waals surface area contributed by atoms with Crippen LogP contribution in [-0.2, 0) is 0 Å². The van der Waals surface area contributed by atoms with Crippen LogP contribution in [0.15, 0.2) is 53.4 Å². The average molecular weight is 404 g/mol. The van der Waals surface area contributed by atoms with E-state index in [9.17, 15) is 8.78 Å². The minimum absolute atomic E-state index is 0.128. The van der Waals surface area contributed by atoms with Crippen LogP contribution in [0.4, 0.5) is 20.2 Å². The maximum Gasteiger partial charge on any atom is 0.157 e. The Labute approximate surface area is 165 Å². The van der Waals surface area contributed by atoms with Crippen molar-refractivity contribution in [2.75, 3.05) is 10.5 Å². The molecule has 0 aliphatic carbocycles. The monoisotopic (exact) mass is 403 g/mol. The molecular formula is C20H16ClF2N3S. The molecule has 0 aromatic heterocycles. The quantitative estimate of drug-likeness (QED) is 0.266. The lowest BCUT2D eigenvalue weighted by molar-refractivity contribution is 0.592. The van der Waals surface area contributed by atoms with Crippen molar-refractivity contribution < 1.29 is 8.78 Å². The fourth-order valence-electron chi connectivity index (χ4n) is 2.56. The van der Waals surface area contributed by atoms with Gasteiger partial charge in [-0.25, -0.2) is 8.78 Å². The first-order valence-electron chi connectivity index (χ1n) is 7.98. The average Bonchev–Trinajstić information content (AvgIpc) is 2.64. The first kappa shape index (κ1) is 19.2. The molecule has 3 aromatic rings. The van der Waals surface area contributed by atoms with Crippen LogP contribution in [0.2, 0.25) is 5.02 Å². The van der Waals surface area contributed by atoms with Crippen molar-refractivity contribution in [1.82, 2.24) is 0 Å². The zero-order valence-corrected chi connectivity index (χ0v) is 15.9. The molecule has 0 spiro atoms. The summed E-state index contributed by atoms with van der Waals surface area (Å²) in [7, 11) is 0. The summed E-state index contributed by atoms with van der Waals surface area (Å²) in [6.45, 7) is 1.93. The summed E-state index contributed by atoms with van der Waals surface area (Å²) < 4.78 is 32.2.